The molecule has 0 spiro atoms. The highest BCUT2D eigenvalue weighted by Crippen LogP contribution is 2.32. The molecule has 0 aromatic carbocycles. The zero-order valence-electron chi connectivity index (χ0n) is 85.7. The highest BCUT2D eigenvalue weighted by atomic mass is 32.1. The van der Waals surface area contributed by atoms with Gasteiger partial charge in [-0.1, -0.05) is 89.9 Å². The van der Waals surface area contributed by atoms with Gasteiger partial charge >= 0.3 is 0 Å². The van der Waals surface area contributed by atoms with Crippen LogP contribution in [0.3, 0.4) is 0 Å². The number of aliphatic hydroxyl groups is 32. The van der Waals surface area contributed by atoms with Crippen LogP contribution in [0.2, 0.25) is 0 Å². The fraction of sp³-hybridized carbons (Fsp3) is 1.00. The second kappa shape index (κ2) is 91.2. The summed E-state index contributed by atoms with van der Waals surface area (Å²) in [5.74, 6) is 6.82. The zero-order chi connectivity index (χ0) is 113. The molecule has 0 aliphatic carbocycles. The molecular weight excluding hydrogens is 2150 g/mol. The largest absolute Gasteiger partial charge is 0.394 e. The van der Waals surface area contributed by atoms with Crippen LogP contribution < -0.4 is 0 Å². The third-order valence-electron chi connectivity index (χ3n) is 25.0. The second-order valence-corrected chi connectivity index (χ2v) is 40.5. The van der Waals surface area contributed by atoms with E-state index in [1.165, 1.54) is 0 Å². The Bertz CT molecular complexity index is 2750. The Morgan fingerprint density at radius 2 is 0.207 bits per heavy atom. The highest BCUT2D eigenvalue weighted by Gasteiger charge is 2.52. The molecule has 32 N–H and O–H groups in total. The number of aliphatic hydroxyl groups excluding tert-OH is 32. The van der Waals surface area contributed by atoms with Crippen molar-refractivity contribution in [2.24, 2.45) is 0 Å². The van der Waals surface area contributed by atoms with E-state index in [9.17, 15) is 123 Å². The molecule has 8 rings (SSSR count). The predicted molar refractivity (Wildman–Crippen MR) is 567 cm³/mol. The van der Waals surface area contributed by atoms with Gasteiger partial charge in [-0.15, -0.1) is 0 Å². The minimum atomic E-state index is -1.38. The second-order valence-electron chi connectivity index (χ2n) is 36.9. The van der Waals surface area contributed by atoms with Crippen molar-refractivity contribution in [3.63, 3.8) is 0 Å². The van der Waals surface area contributed by atoms with Crippen molar-refractivity contribution in [2.75, 3.05) is 152 Å². The van der Waals surface area contributed by atoms with Gasteiger partial charge in [0.2, 0.25) is 0 Å². The number of hydrogen-bond donors (Lipinski definition) is 40. The lowest BCUT2D eigenvalue weighted by Gasteiger charge is -2.39. The number of thiol groups is 8. The Labute approximate surface area is 924 Å². The van der Waals surface area contributed by atoms with E-state index in [-0.39, 0.29) is 0 Å². The van der Waals surface area contributed by atoms with Gasteiger partial charge in [0.05, 0.1) is 52.9 Å². The molecule has 8 aliphatic heterocycles. The Morgan fingerprint density at radius 3 is 0.300 bits per heavy atom. The van der Waals surface area contributed by atoms with Crippen LogP contribution in [0.25, 0.3) is 0 Å². The van der Waals surface area contributed by atoms with Crippen LogP contribution in [0.15, 0.2) is 0 Å². The van der Waals surface area contributed by atoms with Gasteiger partial charge in [0.15, 0.2) is 50.3 Å². The van der Waals surface area contributed by atoms with Crippen LogP contribution in [-0.2, 0) is 75.8 Å². The molecule has 8 aliphatic rings. The molecule has 900 valence electrons. The van der Waals surface area contributed by atoms with E-state index in [0.717, 1.165) is 239 Å². The average Bonchev–Trinajstić information content (AvgIpc) is 0.862. The van der Waals surface area contributed by atoms with Gasteiger partial charge in [-0.3, -0.25) is 0 Å². The lowest BCUT2D eigenvalue weighted by atomic mass is 9.99. The normalized spacial score (nSPS) is 35.8. The summed E-state index contributed by atoms with van der Waals surface area (Å²) in [6, 6.07) is 0. The monoisotopic (exact) mass is 2340 g/mol. The van der Waals surface area contributed by atoms with Crippen LogP contribution in [0.1, 0.15) is 193 Å². The Kier molecular flexibility index (Phi) is 90.5. The van der Waals surface area contributed by atoms with Crippen LogP contribution in [0, 0.1) is 0 Å². The van der Waals surface area contributed by atoms with Gasteiger partial charge in [-0.2, -0.15) is 101 Å². The fourth-order valence-electron chi connectivity index (χ4n) is 15.4. The maximum absolute atomic E-state index is 9.74. The SMILES string of the molecule is OCC1O[C@@H](OCCCCCCCS)C(O)[C@@H](O)[C@H]1O.OCC1O[C@@H](OCCCCCCCS)C(O)[C@@H](O)[C@H]1O.OCC1O[C@@H](OCCCCCCS)C(O)[C@@H](O)[C@H]1O.OCC1O[C@@H](OCCCCCS)C(O)[C@@H](O)[C@H]1O.OCC1O[C@@H](OCCCCCS)C(O)[C@@H](O)[C@H]1O.OCC1O[C@@H](OCCCCCS)C(O)[C@@H](O)[C@H]1O.OCC1O[C@H](OCCCCCCS)C(O)[C@@H](O)[C@H]1O.OCC1O[C@H](OCCCCCS)C(O)[C@@H](O)[C@H]1O. The lowest BCUT2D eigenvalue weighted by molar-refractivity contribution is -0.301. The molecule has 8 saturated heterocycles. The summed E-state index contributed by atoms with van der Waals surface area (Å²) in [7, 11) is 0. The third-order valence-corrected chi connectivity index (χ3v) is 27.5. The minimum absolute atomic E-state index is 0.385. The fourth-order valence-corrected chi connectivity index (χ4v) is 17.2. The van der Waals surface area contributed by atoms with E-state index in [1.807, 2.05) is 0 Å². The number of unbranched alkanes of at least 4 members (excludes halogenated alkanes) is 22. The van der Waals surface area contributed by atoms with Crippen LogP contribution >= 0.6 is 101 Å². The molecule has 0 saturated carbocycles. The van der Waals surface area contributed by atoms with Crippen molar-refractivity contribution in [3.8, 4) is 0 Å². The molecule has 150 heavy (non-hydrogen) atoms. The summed E-state index contributed by atoms with van der Waals surface area (Å²) < 4.78 is 84.4. The molecule has 0 aromatic heterocycles. The van der Waals surface area contributed by atoms with Crippen molar-refractivity contribution in [1.82, 2.24) is 0 Å². The standard InChI is InChI=1S/2C13H26O6S.2C12H24O6S.4C11H22O6S/c2*14-8-9-10(15)11(16)12(17)13(19-9)18-6-4-2-1-3-5-7-20;2*13-7-8-9(14)10(15)11(16)12(18-8)17-5-3-1-2-4-6-19;4*12-6-7-8(13)9(14)10(15)11(17-7)16-4-2-1-3-5-18/h2*9-17,20H,1-8H2;2*8-16,19H,1-7H2;4*7-15,18H,1-6H2/t2*9?,10-,11-,12?,13+;8?,9-,10-,11?,12+;8?,9-,10-,11?,12-;3*7?,8-,9-,10?,11+;7?,8-,9-,10?,11-/m00000000/s1. The van der Waals surface area contributed by atoms with Crippen LogP contribution in [-0.4, -0.2) is 561 Å². The quantitative estimate of drug-likeness (QED) is 0.0199. The van der Waals surface area contributed by atoms with E-state index in [1.54, 1.807) is 0 Å². The lowest BCUT2D eigenvalue weighted by Crippen LogP contribution is -2.59. The molecule has 16 unspecified atom stereocenters. The molecule has 56 heteroatoms. The van der Waals surface area contributed by atoms with Gasteiger partial charge in [-0.05, 0) is 149 Å². The van der Waals surface area contributed by atoms with Crippen molar-refractivity contribution in [1.29, 1.82) is 0 Å². The zero-order valence-corrected chi connectivity index (χ0v) is 92.9. The molecule has 0 radical (unpaired) electrons. The summed E-state index contributed by atoms with van der Waals surface area (Å²) in [4.78, 5) is 0. The maximum Gasteiger partial charge on any atom is 0.186 e. The minimum Gasteiger partial charge on any atom is -0.394 e. The van der Waals surface area contributed by atoms with Gasteiger partial charge < -0.3 is 239 Å². The molecular formula is C94H188O48S8. The van der Waals surface area contributed by atoms with Gasteiger partial charge in [0.1, 0.15) is 195 Å². The smallest absolute Gasteiger partial charge is 0.186 e. The number of rotatable bonds is 62. The molecule has 8 fully saturated rings. The first-order valence-corrected chi connectivity index (χ1v) is 57.2. The number of ether oxygens (including phenoxy) is 16. The average molecular weight is 2340 g/mol. The molecule has 0 bridgehead atoms. The maximum atomic E-state index is 9.74. The van der Waals surface area contributed by atoms with Gasteiger partial charge in [0.25, 0.3) is 0 Å². The van der Waals surface area contributed by atoms with Gasteiger partial charge in [-0.25, -0.2) is 0 Å². The van der Waals surface area contributed by atoms with Crippen LogP contribution in [0.5, 0.6) is 0 Å². The van der Waals surface area contributed by atoms with E-state index in [2.05, 4.69) is 101 Å². The summed E-state index contributed by atoms with van der Waals surface area (Å²) in [6.07, 6.45) is -18.3. The molecule has 48 nitrogen and oxygen atoms in total. The molecule has 8 heterocycles. The van der Waals surface area contributed by atoms with Crippen molar-refractivity contribution in [3.05, 3.63) is 0 Å². The topological polar surface area (TPSA) is 795 Å². The van der Waals surface area contributed by atoms with E-state index in [0.29, 0.717) is 52.9 Å². The van der Waals surface area contributed by atoms with Gasteiger partial charge in [0, 0.05) is 52.9 Å². The third kappa shape index (κ3) is 57.1. The summed E-state index contributed by atoms with van der Waals surface area (Å²) >= 11 is 32.9. The molecule has 0 aromatic rings. The van der Waals surface area contributed by atoms with E-state index >= 15 is 0 Å². The van der Waals surface area contributed by atoms with Crippen molar-refractivity contribution >= 4 is 101 Å². The van der Waals surface area contributed by atoms with E-state index < -0.39 is 299 Å². The Balaban J connectivity index is 0.000000857. The first-order valence-electron chi connectivity index (χ1n) is 52.2. The molecule has 40 atom stereocenters. The summed E-state index contributed by atoms with van der Waals surface area (Å²) in [5.41, 5.74) is 0. The Hall–Kier alpha value is 0.880. The highest BCUT2D eigenvalue weighted by molar-refractivity contribution is 7.81. The van der Waals surface area contributed by atoms with Crippen molar-refractivity contribution in [2.45, 2.75) is 438 Å². The number of hydrogen-bond acceptors (Lipinski definition) is 56. The summed E-state index contributed by atoms with van der Waals surface area (Å²) in [6.45, 7) is -0.357. The Morgan fingerprint density at radius 1 is 0.120 bits per heavy atom. The molecule has 0 amide bonds. The first-order chi connectivity index (χ1) is 71.9. The van der Waals surface area contributed by atoms with Crippen LogP contribution in [0.4, 0.5) is 0 Å². The predicted octanol–water partition coefficient (Wildman–Crippen LogP) is -6.44. The summed E-state index contributed by atoms with van der Waals surface area (Å²) in [5, 5.41) is 303. The van der Waals surface area contributed by atoms with E-state index in [4.69, 9.17) is 117 Å². The first kappa shape index (κ1) is 149. The van der Waals surface area contributed by atoms with Crippen molar-refractivity contribution < 1.29 is 239 Å².